The van der Waals surface area contributed by atoms with E-state index in [2.05, 4.69) is 18.7 Å². The molecule has 1 heterocycles. The quantitative estimate of drug-likeness (QED) is 0.853. The Hall–Kier alpha value is -1.16. The third kappa shape index (κ3) is 3.06. The molecule has 0 radical (unpaired) electrons. The van der Waals surface area contributed by atoms with Crippen molar-refractivity contribution >= 4 is 23.4 Å². The summed E-state index contributed by atoms with van der Waals surface area (Å²) in [5.74, 6) is 0.0612. The van der Waals surface area contributed by atoms with Crippen molar-refractivity contribution in [1.29, 1.82) is 0 Å². The van der Waals surface area contributed by atoms with Crippen LogP contribution in [0.15, 0.2) is 23.1 Å². The normalized spacial score (nSPS) is 17.7. The molecule has 1 fully saturated rings. The fourth-order valence-electron chi connectivity index (χ4n) is 2.59. The minimum absolute atomic E-state index is 0.268. The molecule has 1 N–H and O–H groups in total. The van der Waals surface area contributed by atoms with Crippen molar-refractivity contribution in [2.24, 2.45) is 5.41 Å². The number of hydrogen-bond donors (Lipinski definition) is 1. The molecule has 0 amide bonds. The highest BCUT2D eigenvalue weighted by Gasteiger charge is 2.31. The lowest BCUT2D eigenvalue weighted by Crippen LogP contribution is -2.24. The van der Waals surface area contributed by atoms with Gasteiger partial charge >= 0.3 is 5.97 Å². The van der Waals surface area contributed by atoms with Crippen LogP contribution in [0.4, 0.5) is 5.69 Å². The molecule has 2 rings (SSSR count). The molecule has 1 aliphatic rings. The first-order valence-corrected chi connectivity index (χ1v) is 7.67. The Bertz CT molecular complexity index is 485. The van der Waals surface area contributed by atoms with Crippen LogP contribution in [0, 0.1) is 5.41 Å². The zero-order valence-corrected chi connectivity index (χ0v) is 12.6. The number of carboxylic acid groups (broad SMARTS) is 1. The monoisotopic (exact) mass is 279 g/mol. The van der Waals surface area contributed by atoms with Gasteiger partial charge in [-0.1, -0.05) is 26.8 Å². The molecule has 1 aromatic rings. The average molecular weight is 279 g/mol. The van der Waals surface area contributed by atoms with E-state index in [0.717, 1.165) is 35.8 Å². The summed E-state index contributed by atoms with van der Waals surface area (Å²) in [6.45, 7) is 8.37. The van der Waals surface area contributed by atoms with Crippen molar-refractivity contribution in [3.8, 4) is 0 Å². The van der Waals surface area contributed by atoms with Gasteiger partial charge in [-0.3, -0.25) is 0 Å². The van der Waals surface area contributed by atoms with E-state index in [9.17, 15) is 9.90 Å². The second-order valence-electron chi connectivity index (χ2n) is 5.72. The van der Waals surface area contributed by atoms with Gasteiger partial charge in [-0.05, 0) is 29.7 Å². The van der Waals surface area contributed by atoms with Crippen LogP contribution in [0.2, 0.25) is 0 Å². The van der Waals surface area contributed by atoms with Crippen LogP contribution in [0.3, 0.4) is 0 Å². The summed E-state index contributed by atoms with van der Waals surface area (Å²) >= 11 is 1.60. The number of aromatic carboxylic acids is 1. The maximum atomic E-state index is 11.6. The van der Waals surface area contributed by atoms with Crippen molar-refractivity contribution in [3.63, 3.8) is 0 Å². The van der Waals surface area contributed by atoms with Gasteiger partial charge in [0, 0.05) is 18.0 Å². The molecule has 104 valence electrons. The summed E-state index contributed by atoms with van der Waals surface area (Å²) in [4.78, 5) is 14.7. The molecule has 1 aliphatic heterocycles. The summed E-state index contributed by atoms with van der Waals surface area (Å²) in [6.07, 6.45) is 1.11. The lowest BCUT2D eigenvalue weighted by molar-refractivity contribution is 0.0694. The second kappa shape index (κ2) is 5.45. The highest BCUT2D eigenvalue weighted by molar-refractivity contribution is 7.99. The Kier molecular flexibility index (Phi) is 4.09. The number of nitrogens with zero attached hydrogens (tertiary/aromatic N) is 1. The van der Waals surface area contributed by atoms with Gasteiger partial charge in [0.2, 0.25) is 0 Å². The van der Waals surface area contributed by atoms with Crippen molar-refractivity contribution in [2.75, 3.05) is 23.7 Å². The minimum atomic E-state index is -0.823. The number of hydrogen-bond acceptors (Lipinski definition) is 3. The van der Waals surface area contributed by atoms with Crippen LogP contribution in [0.5, 0.6) is 0 Å². The summed E-state index contributed by atoms with van der Waals surface area (Å²) < 4.78 is 0. The number of rotatable bonds is 4. The molecule has 19 heavy (non-hydrogen) atoms. The molecule has 0 unspecified atom stereocenters. The average Bonchev–Trinajstić information content (AvgIpc) is 2.69. The molecule has 0 saturated carbocycles. The smallest absolute Gasteiger partial charge is 0.338 e. The van der Waals surface area contributed by atoms with Crippen LogP contribution in [-0.2, 0) is 0 Å². The van der Waals surface area contributed by atoms with E-state index in [-0.39, 0.29) is 5.41 Å². The van der Waals surface area contributed by atoms with Crippen molar-refractivity contribution in [3.05, 3.63) is 23.8 Å². The van der Waals surface area contributed by atoms with E-state index in [1.165, 1.54) is 0 Å². The largest absolute Gasteiger partial charge is 0.478 e. The molecular weight excluding hydrogens is 258 g/mol. The summed E-state index contributed by atoms with van der Waals surface area (Å²) in [5.41, 5.74) is 1.60. The third-order valence-electron chi connectivity index (χ3n) is 3.54. The van der Waals surface area contributed by atoms with Crippen LogP contribution >= 0.6 is 11.8 Å². The molecule has 0 atom stereocenters. The van der Waals surface area contributed by atoms with Gasteiger partial charge in [-0.15, -0.1) is 11.8 Å². The fourth-order valence-corrected chi connectivity index (χ4v) is 3.41. The molecule has 0 aromatic heterocycles. The number of benzene rings is 1. The highest BCUT2D eigenvalue weighted by Crippen LogP contribution is 2.37. The summed E-state index contributed by atoms with van der Waals surface area (Å²) in [5, 5.41) is 9.52. The molecule has 0 bridgehead atoms. The molecule has 1 saturated heterocycles. The third-order valence-corrected chi connectivity index (χ3v) is 4.48. The molecule has 3 nitrogen and oxygen atoms in total. The van der Waals surface area contributed by atoms with Crippen molar-refractivity contribution in [1.82, 2.24) is 0 Å². The van der Waals surface area contributed by atoms with Gasteiger partial charge in [0.1, 0.15) is 0 Å². The van der Waals surface area contributed by atoms with Crippen LogP contribution in [0.25, 0.3) is 0 Å². The van der Waals surface area contributed by atoms with Crippen molar-refractivity contribution < 1.29 is 9.90 Å². The van der Waals surface area contributed by atoms with E-state index in [1.807, 2.05) is 25.1 Å². The standard InChI is InChI=1S/C15H21NO2S/c1-4-19-12-7-5-6-11(13(12)14(17)18)16-9-8-15(2,3)10-16/h5-7H,4,8-10H2,1-3H3,(H,17,18). The highest BCUT2D eigenvalue weighted by atomic mass is 32.2. The van der Waals surface area contributed by atoms with Gasteiger partial charge < -0.3 is 10.0 Å². The Balaban J connectivity index is 2.40. The van der Waals surface area contributed by atoms with Gasteiger partial charge in [0.05, 0.1) is 11.3 Å². The first-order chi connectivity index (χ1) is 8.94. The minimum Gasteiger partial charge on any atom is -0.478 e. The van der Waals surface area contributed by atoms with Crippen molar-refractivity contribution in [2.45, 2.75) is 32.1 Å². The van der Waals surface area contributed by atoms with E-state index in [0.29, 0.717) is 5.56 Å². The molecule has 1 aromatic carbocycles. The molecule has 4 heteroatoms. The van der Waals surface area contributed by atoms with Gasteiger partial charge in [-0.25, -0.2) is 4.79 Å². The first-order valence-electron chi connectivity index (χ1n) is 6.68. The maximum Gasteiger partial charge on any atom is 0.338 e. The number of anilines is 1. The van der Waals surface area contributed by atoms with Crippen LogP contribution < -0.4 is 4.90 Å². The van der Waals surface area contributed by atoms with E-state index in [1.54, 1.807) is 11.8 Å². The number of thioether (sulfide) groups is 1. The fraction of sp³-hybridized carbons (Fsp3) is 0.533. The number of carboxylic acids is 1. The summed E-state index contributed by atoms with van der Waals surface area (Å²) in [6, 6.07) is 5.80. The lowest BCUT2D eigenvalue weighted by atomic mass is 9.93. The van der Waals surface area contributed by atoms with E-state index >= 15 is 0 Å². The predicted molar refractivity (Wildman–Crippen MR) is 80.4 cm³/mol. The number of carbonyl (C=O) groups is 1. The Labute approximate surface area is 119 Å². The first kappa shape index (κ1) is 14.3. The zero-order chi connectivity index (χ0) is 14.0. The lowest BCUT2D eigenvalue weighted by Gasteiger charge is -2.24. The topological polar surface area (TPSA) is 40.5 Å². The van der Waals surface area contributed by atoms with Gasteiger partial charge in [0.25, 0.3) is 0 Å². The predicted octanol–water partition coefficient (Wildman–Crippen LogP) is 3.73. The zero-order valence-electron chi connectivity index (χ0n) is 11.8. The van der Waals surface area contributed by atoms with Crippen LogP contribution in [-0.4, -0.2) is 29.9 Å². The Morgan fingerprint density at radius 3 is 2.74 bits per heavy atom. The van der Waals surface area contributed by atoms with E-state index < -0.39 is 5.97 Å². The Morgan fingerprint density at radius 2 is 2.21 bits per heavy atom. The Morgan fingerprint density at radius 1 is 1.47 bits per heavy atom. The van der Waals surface area contributed by atoms with Gasteiger partial charge in [-0.2, -0.15) is 0 Å². The molecular formula is C15H21NO2S. The molecule has 0 spiro atoms. The SMILES string of the molecule is CCSc1cccc(N2CCC(C)(C)C2)c1C(=O)O. The van der Waals surface area contributed by atoms with E-state index in [4.69, 9.17) is 0 Å². The maximum absolute atomic E-state index is 11.6. The van der Waals surface area contributed by atoms with Gasteiger partial charge in [0.15, 0.2) is 0 Å². The summed E-state index contributed by atoms with van der Waals surface area (Å²) in [7, 11) is 0. The molecule has 0 aliphatic carbocycles. The second-order valence-corrected chi connectivity index (χ2v) is 7.03. The van der Waals surface area contributed by atoms with Crippen LogP contribution in [0.1, 0.15) is 37.6 Å².